The minimum atomic E-state index is -3.22. The first kappa shape index (κ1) is 15.5. The topological polar surface area (TPSA) is 58.2 Å². The van der Waals surface area contributed by atoms with Crippen LogP contribution in [0.5, 0.6) is 0 Å². The van der Waals surface area contributed by atoms with E-state index in [9.17, 15) is 8.42 Å². The Kier molecular flexibility index (Phi) is 5.18. The molecule has 0 heterocycles. The summed E-state index contributed by atoms with van der Waals surface area (Å²) in [6.07, 6.45) is 3.23. The first-order valence-corrected chi connectivity index (χ1v) is 8.91. The largest absolute Gasteiger partial charge is 0.316 e. The molecule has 1 fully saturated rings. The lowest BCUT2D eigenvalue weighted by Gasteiger charge is -2.08. The standard InChI is InChI=1S/C15H24N2O2S/c1-3-5-14-9-15(14)17-20(18,19)11-13-7-4-6-12(8-13)10-16-2/h4,6-8,14-17H,3,5,9-11H2,1-2H3. The van der Waals surface area contributed by atoms with Crippen LogP contribution in [0, 0.1) is 5.92 Å². The van der Waals surface area contributed by atoms with Crippen molar-refractivity contribution in [3.8, 4) is 0 Å². The van der Waals surface area contributed by atoms with Gasteiger partial charge in [-0.3, -0.25) is 0 Å². The second-order valence-corrected chi connectivity index (χ2v) is 7.37. The molecule has 2 atom stereocenters. The van der Waals surface area contributed by atoms with Crippen LogP contribution in [0.3, 0.4) is 0 Å². The number of sulfonamides is 1. The van der Waals surface area contributed by atoms with E-state index in [4.69, 9.17) is 0 Å². The van der Waals surface area contributed by atoms with Crippen LogP contribution in [0.2, 0.25) is 0 Å². The van der Waals surface area contributed by atoms with Crippen LogP contribution in [-0.2, 0) is 22.3 Å². The van der Waals surface area contributed by atoms with Crippen LogP contribution < -0.4 is 10.0 Å². The molecular weight excluding hydrogens is 272 g/mol. The molecule has 1 aliphatic carbocycles. The van der Waals surface area contributed by atoms with Gasteiger partial charge in [-0.1, -0.05) is 37.6 Å². The second kappa shape index (κ2) is 6.70. The molecule has 5 heteroatoms. The molecule has 0 radical (unpaired) electrons. The van der Waals surface area contributed by atoms with E-state index in [2.05, 4.69) is 17.0 Å². The van der Waals surface area contributed by atoms with Crippen molar-refractivity contribution in [2.24, 2.45) is 5.92 Å². The van der Waals surface area contributed by atoms with E-state index in [1.807, 2.05) is 31.3 Å². The van der Waals surface area contributed by atoms with Gasteiger partial charge in [0.2, 0.25) is 10.0 Å². The number of nitrogens with one attached hydrogen (secondary N) is 2. The summed E-state index contributed by atoms with van der Waals surface area (Å²) in [4.78, 5) is 0. The summed E-state index contributed by atoms with van der Waals surface area (Å²) in [5.41, 5.74) is 1.95. The molecule has 20 heavy (non-hydrogen) atoms. The Morgan fingerprint density at radius 1 is 1.30 bits per heavy atom. The van der Waals surface area contributed by atoms with Gasteiger partial charge in [0.25, 0.3) is 0 Å². The molecule has 1 aromatic carbocycles. The molecule has 0 amide bonds. The molecule has 112 valence electrons. The van der Waals surface area contributed by atoms with Gasteiger partial charge >= 0.3 is 0 Å². The summed E-state index contributed by atoms with van der Waals surface area (Å²) in [6, 6.07) is 7.90. The third-order valence-electron chi connectivity index (χ3n) is 3.64. The van der Waals surface area contributed by atoms with Crippen LogP contribution >= 0.6 is 0 Å². The third-order valence-corrected chi connectivity index (χ3v) is 5.02. The average Bonchev–Trinajstić information content (AvgIpc) is 3.07. The van der Waals surface area contributed by atoms with Crippen molar-refractivity contribution in [3.05, 3.63) is 35.4 Å². The monoisotopic (exact) mass is 296 g/mol. The van der Waals surface area contributed by atoms with Crippen LogP contribution in [0.1, 0.15) is 37.3 Å². The van der Waals surface area contributed by atoms with Gasteiger partial charge in [-0.25, -0.2) is 13.1 Å². The second-order valence-electron chi connectivity index (χ2n) is 5.62. The molecule has 4 nitrogen and oxygen atoms in total. The molecule has 0 saturated heterocycles. The highest BCUT2D eigenvalue weighted by Gasteiger charge is 2.38. The van der Waals surface area contributed by atoms with Gasteiger partial charge in [-0.2, -0.15) is 0 Å². The zero-order valence-corrected chi connectivity index (χ0v) is 13.0. The summed E-state index contributed by atoms with van der Waals surface area (Å²) in [5, 5.41) is 3.07. The predicted molar refractivity (Wildman–Crippen MR) is 81.8 cm³/mol. The van der Waals surface area contributed by atoms with Crippen LogP contribution in [-0.4, -0.2) is 21.5 Å². The first-order valence-electron chi connectivity index (χ1n) is 7.26. The summed E-state index contributed by atoms with van der Waals surface area (Å²) in [7, 11) is -1.34. The lowest BCUT2D eigenvalue weighted by Crippen LogP contribution is -2.28. The van der Waals surface area contributed by atoms with Gasteiger partial charge in [0, 0.05) is 12.6 Å². The van der Waals surface area contributed by atoms with E-state index >= 15 is 0 Å². The Morgan fingerprint density at radius 2 is 2.05 bits per heavy atom. The van der Waals surface area contributed by atoms with Crippen LogP contribution in [0.25, 0.3) is 0 Å². The molecule has 0 aliphatic heterocycles. The average molecular weight is 296 g/mol. The van der Waals surface area contributed by atoms with Crippen molar-refractivity contribution in [2.45, 2.75) is 44.5 Å². The molecule has 1 aromatic rings. The summed E-state index contributed by atoms with van der Waals surface area (Å²) < 4.78 is 27.1. The maximum absolute atomic E-state index is 12.1. The number of hydrogen-bond acceptors (Lipinski definition) is 3. The molecule has 1 aliphatic rings. The van der Waals surface area contributed by atoms with Gasteiger partial charge in [-0.05, 0) is 36.9 Å². The minimum absolute atomic E-state index is 0.0693. The first-order chi connectivity index (χ1) is 9.54. The highest BCUT2D eigenvalue weighted by Crippen LogP contribution is 2.35. The summed E-state index contributed by atoms with van der Waals surface area (Å²) >= 11 is 0. The lowest BCUT2D eigenvalue weighted by atomic mass is 10.1. The van der Waals surface area contributed by atoms with Gasteiger partial charge in [0.1, 0.15) is 0 Å². The van der Waals surface area contributed by atoms with Gasteiger partial charge in [0.15, 0.2) is 0 Å². The summed E-state index contributed by atoms with van der Waals surface area (Å²) in [5.74, 6) is 0.616. The van der Waals surface area contributed by atoms with Gasteiger partial charge < -0.3 is 5.32 Å². The SMILES string of the molecule is CCCC1CC1NS(=O)(=O)Cc1cccc(CNC)c1. The predicted octanol–water partition coefficient (Wildman–Crippen LogP) is 2.01. The minimum Gasteiger partial charge on any atom is -0.316 e. The van der Waals surface area contributed by atoms with Gasteiger partial charge in [-0.15, -0.1) is 0 Å². The Hall–Kier alpha value is -0.910. The Balaban J connectivity index is 1.93. The van der Waals surface area contributed by atoms with E-state index in [1.165, 1.54) is 0 Å². The van der Waals surface area contributed by atoms with Crippen LogP contribution in [0.15, 0.2) is 24.3 Å². The third kappa shape index (κ3) is 4.58. The molecule has 0 bridgehead atoms. The Morgan fingerprint density at radius 3 is 2.75 bits per heavy atom. The van der Waals surface area contributed by atoms with Crippen molar-refractivity contribution >= 4 is 10.0 Å². The quantitative estimate of drug-likeness (QED) is 0.771. The fraction of sp³-hybridized carbons (Fsp3) is 0.600. The molecule has 2 N–H and O–H groups in total. The zero-order valence-electron chi connectivity index (χ0n) is 12.2. The van der Waals surface area contributed by atoms with E-state index in [1.54, 1.807) is 0 Å². The van der Waals surface area contributed by atoms with Crippen molar-refractivity contribution in [3.63, 3.8) is 0 Å². The Bertz CT molecular complexity index is 543. The maximum Gasteiger partial charge on any atom is 0.216 e. The molecular formula is C15H24N2O2S. The fourth-order valence-corrected chi connectivity index (χ4v) is 4.06. The summed E-state index contributed by atoms with van der Waals surface area (Å²) in [6.45, 7) is 2.89. The molecule has 2 rings (SSSR count). The zero-order chi connectivity index (χ0) is 14.6. The molecule has 1 saturated carbocycles. The van der Waals surface area contributed by atoms with Crippen LogP contribution in [0.4, 0.5) is 0 Å². The van der Waals surface area contributed by atoms with E-state index in [0.29, 0.717) is 5.92 Å². The van der Waals surface area contributed by atoms with E-state index in [0.717, 1.165) is 36.9 Å². The van der Waals surface area contributed by atoms with E-state index < -0.39 is 10.0 Å². The molecule has 0 aromatic heterocycles. The van der Waals surface area contributed by atoms with Crippen molar-refractivity contribution in [1.29, 1.82) is 0 Å². The number of hydrogen-bond donors (Lipinski definition) is 2. The fourth-order valence-electron chi connectivity index (χ4n) is 2.61. The molecule has 0 spiro atoms. The van der Waals surface area contributed by atoms with Crippen molar-refractivity contribution < 1.29 is 8.42 Å². The highest BCUT2D eigenvalue weighted by molar-refractivity contribution is 7.88. The molecule has 2 unspecified atom stereocenters. The normalized spacial score (nSPS) is 21.9. The van der Waals surface area contributed by atoms with E-state index in [-0.39, 0.29) is 11.8 Å². The number of benzene rings is 1. The van der Waals surface area contributed by atoms with Gasteiger partial charge in [0.05, 0.1) is 5.75 Å². The number of rotatable bonds is 8. The smallest absolute Gasteiger partial charge is 0.216 e. The lowest BCUT2D eigenvalue weighted by molar-refractivity contribution is 0.572. The highest BCUT2D eigenvalue weighted by atomic mass is 32.2. The maximum atomic E-state index is 12.1. The Labute approximate surface area is 122 Å². The van der Waals surface area contributed by atoms with Crippen molar-refractivity contribution in [1.82, 2.24) is 10.0 Å². The van der Waals surface area contributed by atoms with Crippen molar-refractivity contribution in [2.75, 3.05) is 7.05 Å².